The van der Waals surface area contributed by atoms with Gasteiger partial charge in [-0.15, -0.1) is 0 Å². The zero-order valence-electron chi connectivity index (χ0n) is 13.1. The first-order valence-electron chi connectivity index (χ1n) is 7.58. The maximum absolute atomic E-state index is 13.0. The average molecular weight is 374 g/mol. The molecule has 1 N–H and O–H groups in total. The van der Waals surface area contributed by atoms with Crippen molar-refractivity contribution >= 4 is 17.3 Å². The van der Waals surface area contributed by atoms with Crippen LogP contribution in [-0.2, 0) is 12.7 Å². The summed E-state index contributed by atoms with van der Waals surface area (Å²) in [4.78, 5) is 18.8. The Morgan fingerprint density at radius 1 is 1.24 bits per heavy atom. The Morgan fingerprint density at radius 2 is 1.96 bits per heavy atom. The largest absolute Gasteiger partial charge is 0.433 e. The van der Waals surface area contributed by atoms with Gasteiger partial charge in [0.2, 0.25) is 0 Å². The van der Waals surface area contributed by atoms with Crippen LogP contribution in [0.5, 0.6) is 0 Å². The number of halogens is 4. The Labute approximate surface area is 146 Å². The third-order valence-electron chi connectivity index (χ3n) is 4.04. The highest BCUT2D eigenvalue weighted by Crippen LogP contribution is 2.31. The van der Waals surface area contributed by atoms with Crippen molar-refractivity contribution in [2.24, 2.45) is 0 Å². The van der Waals surface area contributed by atoms with Crippen molar-refractivity contribution in [3.8, 4) is 0 Å². The summed E-state index contributed by atoms with van der Waals surface area (Å²) in [5.74, 6) is 0. The molecule has 10 heteroatoms. The van der Waals surface area contributed by atoms with Gasteiger partial charge in [0.05, 0.1) is 11.9 Å². The molecule has 0 radical (unpaired) electrons. The molecular formula is C15H15ClF3N5O. The SMILES string of the molecule is O=c1[nH]ncc(N2CCN(Cc3cccnc3C(F)(F)F)CC2)c1Cl. The number of nitrogens with zero attached hydrogens (tertiary/aromatic N) is 4. The first-order valence-corrected chi connectivity index (χ1v) is 7.95. The van der Waals surface area contributed by atoms with Gasteiger partial charge in [0, 0.05) is 38.9 Å². The summed E-state index contributed by atoms with van der Waals surface area (Å²) in [6.07, 6.45) is -1.85. The summed E-state index contributed by atoms with van der Waals surface area (Å²) in [5.41, 5.74) is -0.632. The summed E-state index contributed by atoms with van der Waals surface area (Å²) in [7, 11) is 0. The average Bonchev–Trinajstić information content (AvgIpc) is 2.58. The molecule has 2 aromatic rings. The number of alkyl halides is 3. The fourth-order valence-corrected chi connectivity index (χ4v) is 3.01. The van der Waals surface area contributed by atoms with Crippen molar-refractivity contribution < 1.29 is 13.2 Å². The van der Waals surface area contributed by atoms with Crippen LogP contribution in [0, 0.1) is 0 Å². The van der Waals surface area contributed by atoms with Crippen molar-refractivity contribution in [1.82, 2.24) is 20.1 Å². The smallest absolute Gasteiger partial charge is 0.366 e. The molecule has 3 rings (SSSR count). The van der Waals surface area contributed by atoms with Gasteiger partial charge in [-0.25, -0.2) is 5.10 Å². The van der Waals surface area contributed by atoms with E-state index in [0.717, 1.165) is 6.20 Å². The quantitative estimate of drug-likeness (QED) is 0.893. The van der Waals surface area contributed by atoms with Gasteiger partial charge in [0.1, 0.15) is 10.7 Å². The molecule has 1 aliphatic rings. The minimum Gasteiger partial charge on any atom is -0.366 e. The zero-order chi connectivity index (χ0) is 18.0. The fourth-order valence-electron chi connectivity index (χ4n) is 2.80. The fraction of sp³-hybridized carbons (Fsp3) is 0.400. The normalized spacial score (nSPS) is 16.2. The number of aromatic amines is 1. The van der Waals surface area contributed by atoms with Gasteiger partial charge in [0.15, 0.2) is 0 Å². The summed E-state index contributed by atoms with van der Waals surface area (Å²) in [6, 6.07) is 2.95. The van der Waals surface area contributed by atoms with E-state index in [1.807, 2.05) is 9.80 Å². The molecule has 2 aromatic heterocycles. The molecule has 6 nitrogen and oxygen atoms in total. The first-order chi connectivity index (χ1) is 11.9. The Bertz CT molecular complexity index is 802. The second kappa shape index (κ2) is 7.01. The van der Waals surface area contributed by atoms with Gasteiger partial charge in [0.25, 0.3) is 5.56 Å². The predicted octanol–water partition coefficient (Wildman–Crippen LogP) is 2.16. The lowest BCUT2D eigenvalue weighted by atomic mass is 10.1. The predicted molar refractivity (Wildman–Crippen MR) is 86.6 cm³/mol. The second-order valence-corrected chi connectivity index (χ2v) is 6.05. The van der Waals surface area contributed by atoms with E-state index in [1.165, 1.54) is 18.3 Å². The van der Waals surface area contributed by atoms with Gasteiger partial charge >= 0.3 is 6.18 Å². The Morgan fingerprint density at radius 3 is 2.64 bits per heavy atom. The molecule has 0 bridgehead atoms. The molecule has 0 aromatic carbocycles. The molecule has 25 heavy (non-hydrogen) atoms. The van der Waals surface area contributed by atoms with Crippen molar-refractivity contribution in [2.45, 2.75) is 12.7 Å². The Kier molecular flexibility index (Phi) is 4.96. The van der Waals surface area contributed by atoms with Crippen LogP contribution < -0.4 is 10.5 Å². The molecule has 134 valence electrons. The van der Waals surface area contributed by atoms with Crippen molar-refractivity contribution in [1.29, 1.82) is 0 Å². The molecule has 0 saturated carbocycles. The van der Waals surface area contributed by atoms with Gasteiger partial charge < -0.3 is 4.90 Å². The van der Waals surface area contributed by atoms with Crippen LogP contribution in [0.25, 0.3) is 0 Å². The lowest BCUT2D eigenvalue weighted by molar-refractivity contribution is -0.142. The highest BCUT2D eigenvalue weighted by atomic mass is 35.5. The third kappa shape index (κ3) is 3.93. The zero-order valence-corrected chi connectivity index (χ0v) is 13.8. The highest BCUT2D eigenvalue weighted by molar-refractivity contribution is 6.32. The summed E-state index contributed by atoms with van der Waals surface area (Å²) in [5, 5.41) is 6.05. The van der Waals surface area contributed by atoms with Crippen LogP contribution in [-0.4, -0.2) is 46.3 Å². The number of aromatic nitrogens is 3. The van der Waals surface area contributed by atoms with Crippen LogP contribution in [0.3, 0.4) is 0 Å². The number of H-pyrrole nitrogens is 1. The maximum Gasteiger partial charge on any atom is 0.433 e. The summed E-state index contributed by atoms with van der Waals surface area (Å²) >= 11 is 5.99. The monoisotopic (exact) mass is 373 g/mol. The number of nitrogens with one attached hydrogen (secondary N) is 1. The van der Waals surface area contributed by atoms with Crippen molar-refractivity contribution in [3.63, 3.8) is 0 Å². The Hall–Kier alpha value is -2.13. The molecule has 0 atom stereocenters. The van der Waals surface area contributed by atoms with E-state index in [9.17, 15) is 18.0 Å². The van der Waals surface area contributed by atoms with Crippen LogP contribution in [0.4, 0.5) is 18.9 Å². The van der Waals surface area contributed by atoms with E-state index < -0.39 is 17.4 Å². The molecule has 1 aliphatic heterocycles. The minimum atomic E-state index is -4.47. The van der Waals surface area contributed by atoms with E-state index in [2.05, 4.69) is 15.2 Å². The van der Waals surface area contributed by atoms with Crippen molar-refractivity contribution in [2.75, 3.05) is 31.1 Å². The van der Waals surface area contributed by atoms with E-state index in [0.29, 0.717) is 31.9 Å². The van der Waals surface area contributed by atoms with E-state index in [1.54, 1.807) is 0 Å². The van der Waals surface area contributed by atoms with E-state index in [4.69, 9.17) is 11.6 Å². The Balaban J connectivity index is 1.68. The highest BCUT2D eigenvalue weighted by Gasteiger charge is 2.35. The molecule has 0 spiro atoms. The molecule has 1 fully saturated rings. The third-order valence-corrected chi connectivity index (χ3v) is 4.41. The summed E-state index contributed by atoms with van der Waals surface area (Å²) in [6.45, 7) is 2.31. The van der Waals surface area contributed by atoms with Crippen LogP contribution in [0.1, 0.15) is 11.3 Å². The minimum absolute atomic E-state index is 0.0649. The number of hydrogen-bond donors (Lipinski definition) is 1. The van der Waals surface area contributed by atoms with Gasteiger partial charge in [-0.2, -0.15) is 18.3 Å². The molecule has 0 amide bonds. The number of piperazine rings is 1. The van der Waals surface area contributed by atoms with Crippen LogP contribution in [0.2, 0.25) is 5.02 Å². The molecule has 1 saturated heterocycles. The van der Waals surface area contributed by atoms with E-state index >= 15 is 0 Å². The van der Waals surface area contributed by atoms with Gasteiger partial charge in [-0.1, -0.05) is 17.7 Å². The summed E-state index contributed by atoms with van der Waals surface area (Å²) < 4.78 is 39.1. The first kappa shape index (κ1) is 17.7. The topological polar surface area (TPSA) is 65.1 Å². The molecule has 0 aliphatic carbocycles. The van der Waals surface area contributed by atoms with Gasteiger partial charge in [-0.3, -0.25) is 14.7 Å². The number of rotatable bonds is 3. The number of hydrogen-bond acceptors (Lipinski definition) is 5. The number of pyridine rings is 1. The lowest BCUT2D eigenvalue weighted by Gasteiger charge is -2.36. The standard InChI is InChI=1S/C15H15ClF3N5O/c16-12-11(8-21-22-14(12)25)24-6-4-23(5-7-24)9-10-2-1-3-20-13(10)15(17,18)19/h1-3,8H,4-7,9H2,(H,22,25). The molecule has 0 unspecified atom stereocenters. The molecule has 3 heterocycles. The van der Waals surface area contributed by atoms with Crippen LogP contribution in [0.15, 0.2) is 29.3 Å². The van der Waals surface area contributed by atoms with Gasteiger partial charge in [-0.05, 0) is 11.6 Å². The maximum atomic E-state index is 13.0. The number of anilines is 1. The second-order valence-electron chi connectivity index (χ2n) is 5.67. The van der Waals surface area contributed by atoms with Crippen LogP contribution >= 0.6 is 11.6 Å². The lowest BCUT2D eigenvalue weighted by Crippen LogP contribution is -2.46. The van der Waals surface area contributed by atoms with Crippen molar-refractivity contribution in [3.05, 3.63) is 51.2 Å². The molecular weight excluding hydrogens is 359 g/mol. The van der Waals surface area contributed by atoms with E-state index in [-0.39, 0.29) is 17.1 Å².